The fraction of sp³-hybridized carbons (Fsp3) is 0.375. The van der Waals surface area contributed by atoms with E-state index < -0.39 is 0 Å². The minimum absolute atomic E-state index is 0.0462. The van der Waals surface area contributed by atoms with Crippen LogP contribution in [0.1, 0.15) is 28.6 Å². The first-order chi connectivity index (χ1) is 16.2. The van der Waals surface area contributed by atoms with E-state index in [9.17, 15) is 4.79 Å². The van der Waals surface area contributed by atoms with Gasteiger partial charge in [-0.05, 0) is 30.2 Å². The molecule has 9 heteroatoms. The molecule has 172 valence electrons. The second kappa shape index (κ2) is 9.50. The van der Waals surface area contributed by atoms with E-state index in [4.69, 9.17) is 9.15 Å². The van der Waals surface area contributed by atoms with E-state index in [0.29, 0.717) is 17.5 Å². The van der Waals surface area contributed by atoms with Gasteiger partial charge in [-0.1, -0.05) is 12.1 Å². The van der Waals surface area contributed by atoms with Crippen molar-refractivity contribution in [2.45, 2.75) is 12.3 Å². The topological polar surface area (TPSA) is 95.8 Å². The summed E-state index contributed by atoms with van der Waals surface area (Å²) in [5.74, 6) is 1.51. The molecule has 3 aromatic rings. The van der Waals surface area contributed by atoms with E-state index in [1.807, 2.05) is 18.2 Å². The molecule has 4 heterocycles. The van der Waals surface area contributed by atoms with Crippen molar-refractivity contribution in [1.29, 1.82) is 0 Å². The Morgan fingerprint density at radius 1 is 1.18 bits per heavy atom. The Labute approximate surface area is 192 Å². The highest BCUT2D eigenvalue weighted by atomic mass is 16.5. The first kappa shape index (κ1) is 21.3. The summed E-state index contributed by atoms with van der Waals surface area (Å²) in [4.78, 5) is 25.7. The zero-order chi connectivity index (χ0) is 22.6. The van der Waals surface area contributed by atoms with Crippen LogP contribution in [0.25, 0.3) is 0 Å². The van der Waals surface area contributed by atoms with Gasteiger partial charge in [0.15, 0.2) is 0 Å². The number of hydrogen-bond acceptors (Lipinski definition) is 8. The summed E-state index contributed by atoms with van der Waals surface area (Å²) in [6.45, 7) is 5.21. The van der Waals surface area contributed by atoms with Gasteiger partial charge in [0, 0.05) is 51.4 Å². The van der Waals surface area contributed by atoms with E-state index in [1.54, 1.807) is 25.7 Å². The average molecular weight is 449 g/mol. The third-order valence-electron chi connectivity index (χ3n) is 6.26. The molecular weight excluding hydrogens is 420 g/mol. The lowest BCUT2D eigenvalue weighted by atomic mass is 9.98. The summed E-state index contributed by atoms with van der Waals surface area (Å²) in [5, 5.41) is 6.26. The number of nitrogens with zero attached hydrogens (tertiary/aromatic N) is 4. The van der Waals surface area contributed by atoms with E-state index in [-0.39, 0.29) is 11.8 Å². The van der Waals surface area contributed by atoms with Crippen molar-refractivity contribution >= 4 is 23.2 Å². The van der Waals surface area contributed by atoms with E-state index in [1.165, 1.54) is 5.56 Å². The summed E-state index contributed by atoms with van der Waals surface area (Å²) >= 11 is 0. The number of amides is 1. The fourth-order valence-electron chi connectivity index (χ4n) is 4.49. The molecule has 0 radical (unpaired) electrons. The number of nitrogens with one attached hydrogen (secondary N) is 2. The number of hydrogen-bond donors (Lipinski definition) is 2. The van der Waals surface area contributed by atoms with Crippen LogP contribution in [0.5, 0.6) is 5.75 Å². The summed E-state index contributed by atoms with van der Waals surface area (Å²) in [6, 6.07) is 10.1. The lowest BCUT2D eigenvalue weighted by Gasteiger charge is -2.30. The minimum atomic E-state index is -0.380. The number of carbonyl (C=O) groups excluding carboxylic acids is 1. The van der Waals surface area contributed by atoms with Gasteiger partial charge in [0.1, 0.15) is 5.75 Å². The number of piperazine rings is 1. The molecule has 1 unspecified atom stereocenters. The molecule has 5 rings (SSSR count). The number of pyridine rings is 1. The zero-order valence-corrected chi connectivity index (χ0v) is 18.7. The fourth-order valence-corrected chi connectivity index (χ4v) is 4.49. The summed E-state index contributed by atoms with van der Waals surface area (Å²) in [6.07, 6.45) is 6.03. The number of methoxy groups -OCH3 is 1. The van der Waals surface area contributed by atoms with E-state index >= 15 is 0 Å². The molecule has 1 atom stereocenters. The van der Waals surface area contributed by atoms with Gasteiger partial charge in [-0.2, -0.15) is 0 Å². The highest BCUT2D eigenvalue weighted by Gasteiger charge is 2.27. The maximum Gasteiger partial charge on any atom is 0.311 e. The molecule has 2 fully saturated rings. The SMILES string of the molecule is COc1cccc(C2CCN(c3cnc(C(=O)Nc4cnccc4N4CCNCC4)o3)C2)c1. The van der Waals surface area contributed by atoms with Gasteiger partial charge in [0.25, 0.3) is 5.89 Å². The number of benzene rings is 1. The first-order valence-corrected chi connectivity index (χ1v) is 11.3. The molecule has 2 N–H and O–H groups in total. The zero-order valence-electron chi connectivity index (χ0n) is 18.7. The summed E-state index contributed by atoms with van der Waals surface area (Å²) in [5.41, 5.74) is 2.85. The van der Waals surface area contributed by atoms with Gasteiger partial charge in [-0.25, -0.2) is 4.98 Å². The molecule has 2 aromatic heterocycles. The molecule has 33 heavy (non-hydrogen) atoms. The van der Waals surface area contributed by atoms with Crippen LogP contribution in [-0.4, -0.2) is 62.3 Å². The highest BCUT2D eigenvalue weighted by Crippen LogP contribution is 2.33. The van der Waals surface area contributed by atoms with Crippen LogP contribution in [0, 0.1) is 0 Å². The summed E-state index contributed by atoms with van der Waals surface area (Å²) in [7, 11) is 1.68. The maximum atomic E-state index is 12.9. The first-order valence-electron chi connectivity index (χ1n) is 11.3. The number of ether oxygens (including phenoxy) is 1. The van der Waals surface area contributed by atoms with Crippen LogP contribution in [0.3, 0.4) is 0 Å². The molecule has 2 aliphatic heterocycles. The Bertz CT molecular complexity index is 1110. The quantitative estimate of drug-likeness (QED) is 0.594. The van der Waals surface area contributed by atoms with Crippen LogP contribution in [0.15, 0.2) is 53.3 Å². The van der Waals surface area contributed by atoms with Crippen LogP contribution in [-0.2, 0) is 0 Å². The number of anilines is 3. The Morgan fingerprint density at radius 3 is 2.91 bits per heavy atom. The van der Waals surface area contributed by atoms with Gasteiger partial charge < -0.3 is 29.6 Å². The smallest absolute Gasteiger partial charge is 0.311 e. The monoisotopic (exact) mass is 448 g/mol. The Kier molecular flexibility index (Phi) is 6.12. The van der Waals surface area contributed by atoms with Gasteiger partial charge in [-0.15, -0.1) is 0 Å². The third-order valence-corrected chi connectivity index (χ3v) is 6.26. The average Bonchev–Trinajstić information content (AvgIpc) is 3.55. The Balaban J connectivity index is 1.25. The Morgan fingerprint density at radius 2 is 2.06 bits per heavy atom. The van der Waals surface area contributed by atoms with Gasteiger partial charge in [-0.3, -0.25) is 9.78 Å². The number of rotatable bonds is 6. The Hall–Kier alpha value is -3.59. The van der Waals surface area contributed by atoms with Crippen molar-refractivity contribution in [2.75, 3.05) is 61.5 Å². The molecule has 2 saturated heterocycles. The molecule has 0 spiro atoms. The molecule has 0 saturated carbocycles. The van der Waals surface area contributed by atoms with Crippen LogP contribution >= 0.6 is 0 Å². The lowest BCUT2D eigenvalue weighted by molar-refractivity contribution is 0.0991. The maximum absolute atomic E-state index is 12.9. The van der Waals surface area contributed by atoms with Gasteiger partial charge in [0.2, 0.25) is 5.88 Å². The normalized spacial score (nSPS) is 18.4. The van der Waals surface area contributed by atoms with E-state index in [2.05, 4.69) is 42.5 Å². The number of aromatic nitrogens is 2. The van der Waals surface area contributed by atoms with Crippen molar-refractivity contribution in [2.24, 2.45) is 0 Å². The summed E-state index contributed by atoms with van der Waals surface area (Å²) < 4.78 is 11.2. The minimum Gasteiger partial charge on any atom is -0.497 e. The van der Waals surface area contributed by atoms with Gasteiger partial charge >= 0.3 is 5.91 Å². The predicted octanol–water partition coefficient (Wildman–Crippen LogP) is 2.73. The predicted molar refractivity (Wildman–Crippen MR) is 126 cm³/mol. The van der Waals surface area contributed by atoms with E-state index in [0.717, 1.165) is 57.1 Å². The molecule has 0 aliphatic carbocycles. The van der Waals surface area contributed by atoms with Crippen LogP contribution in [0.2, 0.25) is 0 Å². The number of oxazole rings is 1. The molecule has 2 aliphatic rings. The molecule has 9 nitrogen and oxygen atoms in total. The lowest BCUT2D eigenvalue weighted by Crippen LogP contribution is -2.43. The van der Waals surface area contributed by atoms with Crippen molar-refractivity contribution in [3.63, 3.8) is 0 Å². The standard InChI is InChI=1S/C24H28N6O3/c1-32-19-4-2-3-17(13-19)18-6-10-30(16-18)22-15-27-24(33-22)23(31)28-20-14-26-7-5-21(20)29-11-8-25-9-12-29/h2-5,7,13-15,18,25H,6,8-12,16H2,1H3,(H,28,31). The molecular formula is C24H28N6O3. The van der Waals surface area contributed by atoms with Crippen molar-refractivity contribution < 1.29 is 13.9 Å². The largest absolute Gasteiger partial charge is 0.497 e. The molecule has 1 aromatic carbocycles. The molecule has 1 amide bonds. The van der Waals surface area contributed by atoms with Crippen molar-refractivity contribution in [3.05, 3.63) is 60.4 Å². The highest BCUT2D eigenvalue weighted by molar-refractivity contribution is 6.03. The number of carbonyl (C=O) groups is 1. The van der Waals surface area contributed by atoms with Crippen molar-refractivity contribution in [3.8, 4) is 5.75 Å². The van der Waals surface area contributed by atoms with Crippen molar-refractivity contribution in [1.82, 2.24) is 15.3 Å². The van der Waals surface area contributed by atoms with Crippen LogP contribution < -0.4 is 25.2 Å². The second-order valence-electron chi connectivity index (χ2n) is 8.30. The van der Waals surface area contributed by atoms with Gasteiger partial charge in [0.05, 0.1) is 30.9 Å². The second-order valence-corrected chi connectivity index (χ2v) is 8.30. The van der Waals surface area contributed by atoms with Crippen LogP contribution in [0.4, 0.5) is 17.3 Å². The molecule has 0 bridgehead atoms. The third kappa shape index (κ3) is 4.63.